The standard InChI is InChI=1S/C11H11BrN2O2S/c12-4-3-7-1-2-8-9(5-7)17-10(14-8)6-13-11(15)16/h1-2,5,13H,3-4,6H2,(H,15,16). The number of hydrogen-bond acceptors (Lipinski definition) is 3. The van der Waals surface area contributed by atoms with E-state index < -0.39 is 6.09 Å². The second kappa shape index (κ2) is 5.46. The number of hydrogen-bond donors (Lipinski definition) is 2. The van der Waals surface area contributed by atoms with Gasteiger partial charge in [0.2, 0.25) is 0 Å². The van der Waals surface area contributed by atoms with Crippen LogP contribution in [0.25, 0.3) is 10.2 Å². The first-order chi connectivity index (χ1) is 8.19. The van der Waals surface area contributed by atoms with Gasteiger partial charge in [0.15, 0.2) is 0 Å². The van der Waals surface area contributed by atoms with Crippen LogP contribution in [0.2, 0.25) is 0 Å². The maximum atomic E-state index is 10.4. The lowest BCUT2D eigenvalue weighted by atomic mass is 10.2. The molecule has 4 nitrogen and oxygen atoms in total. The van der Waals surface area contributed by atoms with Crippen LogP contribution in [0.5, 0.6) is 0 Å². The van der Waals surface area contributed by atoms with E-state index in [4.69, 9.17) is 5.11 Å². The summed E-state index contributed by atoms with van der Waals surface area (Å²) in [5.41, 5.74) is 2.19. The van der Waals surface area contributed by atoms with Crippen LogP contribution in [-0.2, 0) is 13.0 Å². The summed E-state index contributed by atoms with van der Waals surface area (Å²) in [7, 11) is 0. The quantitative estimate of drug-likeness (QED) is 0.853. The van der Waals surface area contributed by atoms with Crippen LogP contribution in [0.3, 0.4) is 0 Å². The largest absolute Gasteiger partial charge is 0.465 e. The van der Waals surface area contributed by atoms with Crippen molar-refractivity contribution in [2.45, 2.75) is 13.0 Å². The predicted molar refractivity (Wildman–Crippen MR) is 72.0 cm³/mol. The van der Waals surface area contributed by atoms with Crippen LogP contribution < -0.4 is 5.32 Å². The Morgan fingerprint density at radius 3 is 3.06 bits per heavy atom. The number of thiazole rings is 1. The number of benzene rings is 1. The number of rotatable bonds is 4. The van der Waals surface area contributed by atoms with Gasteiger partial charge in [0.1, 0.15) is 5.01 Å². The zero-order chi connectivity index (χ0) is 12.3. The third kappa shape index (κ3) is 3.17. The van der Waals surface area contributed by atoms with Gasteiger partial charge in [0, 0.05) is 5.33 Å². The molecule has 0 aliphatic rings. The Labute approximate surface area is 111 Å². The first-order valence-corrected chi connectivity index (χ1v) is 7.04. The van der Waals surface area contributed by atoms with Crippen molar-refractivity contribution in [1.29, 1.82) is 0 Å². The second-order valence-electron chi connectivity index (χ2n) is 3.51. The molecule has 0 atom stereocenters. The minimum atomic E-state index is -1.02. The number of aryl methyl sites for hydroxylation is 1. The van der Waals surface area contributed by atoms with Gasteiger partial charge in [-0.25, -0.2) is 9.78 Å². The first-order valence-electron chi connectivity index (χ1n) is 5.10. The molecule has 0 saturated carbocycles. The highest BCUT2D eigenvalue weighted by Gasteiger charge is 2.05. The van der Waals surface area contributed by atoms with E-state index in [0.29, 0.717) is 0 Å². The zero-order valence-electron chi connectivity index (χ0n) is 8.94. The van der Waals surface area contributed by atoms with Crippen LogP contribution in [0.4, 0.5) is 4.79 Å². The number of nitrogens with one attached hydrogen (secondary N) is 1. The molecule has 2 rings (SSSR count). The van der Waals surface area contributed by atoms with Gasteiger partial charge in [-0.15, -0.1) is 11.3 Å². The predicted octanol–water partition coefficient (Wildman–Crippen LogP) is 3.00. The molecule has 1 heterocycles. The molecule has 0 radical (unpaired) electrons. The lowest BCUT2D eigenvalue weighted by molar-refractivity contribution is 0.194. The summed E-state index contributed by atoms with van der Waals surface area (Å²) in [6.45, 7) is 0.266. The number of carbonyl (C=O) groups is 1. The number of fused-ring (bicyclic) bond motifs is 1. The Morgan fingerprint density at radius 2 is 2.35 bits per heavy atom. The molecule has 1 amide bonds. The van der Waals surface area contributed by atoms with E-state index in [-0.39, 0.29) is 6.54 Å². The summed E-state index contributed by atoms with van der Waals surface area (Å²) in [6, 6.07) is 6.14. The van der Waals surface area contributed by atoms with Crippen molar-refractivity contribution >= 4 is 43.6 Å². The van der Waals surface area contributed by atoms with E-state index >= 15 is 0 Å². The maximum Gasteiger partial charge on any atom is 0.405 e. The van der Waals surface area contributed by atoms with Crippen molar-refractivity contribution in [3.8, 4) is 0 Å². The number of amides is 1. The SMILES string of the molecule is O=C(O)NCc1nc2ccc(CCBr)cc2s1. The molecule has 2 aromatic rings. The minimum Gasteiger partial charge on any atom is -0.465 e. The van der Waals surface area contributed by atoms with Crippen molar-refractivity contribution in [3.05, 3.63) is 28.8 Å². The first kappa shape index (κ1) is 12.3. The van der Waals surface area contributed by atoms with E-state index in [2.05, 4.69) is 38.4 Å². The molecule has 2 N–H and O–H groups in total. The Balaban J connectivity index is 2.21. The normalized spacial score (nSPS) is 10.6. The molecule has 0 aliphatic carbocycles. The van der Waals surface area contributed by atoms with Crippen molar-refractivity contribution < 1.29 is 9.90 Å². The highest BCUT2D eigenvalue weighted by Crippen LogP contribution is 2.23. The average molecular weight is 315 g/mol. The maximum absolute atomic E-state index is 10.4. The fourth-order valence-electron chi connectivity index (χ4n) is 1.51. The van der Waals surface area contributed by atoms with Crippen LogP contribution in [-0.4, -0.2) is 21.5 Å². The van der Waals surface area contributed by atoms with Crippen molar-refractivity contribution in [2.24, 2.45) is 0 Å². The van der Waals surface area contributed by atoms with Crippen molar-refractivity contribution in [1.82, 2.24) is 10.3 Å². The summed E-state index contributed by atoms with van der Waals surface area (Å²) in [4.78, 5) is 14.8. The molecule has 0 bridgehead atoms. The van der Waals surface area contributed by atoms with Gasteiger partial charge in [0.05, 0.1) is 16.8 Å². The van der Waals surface area contributed by atoms with Gasteiger partial charge in [0.25, 0.3) is 0 Å². The Bertz CT molecular complexity index is 541. The number of aromatic nitrogens is 1. The van der Waals surface area contributed by atoms with Gasteiger partial charge in [-0.3, -0.25) is 0 Å². The summed E-state index contributed by atoms with van der Waals surface area (Å²) >= 11 is 4.94. The minimum absolute atomic E-state index is 0.266. The second-order valence-corrected chi connectivity index (χ2v) is 5.42. The fourth-order valence-corrected chi connectivity index (χ4v) is 2.94. The molecule has 0 unspecified atom stereocenters. The molecule has 6 heteroatoms. The lowest BCUT2D eigenvalue weighted by Gasteiger charge is -1.95. The molecule has 17 heavy (non-hydrogen) atoms. The zero-order valence-corrected chi connectivity index (χ0v) is 11.3. The van der Waals surface area contributed by atoms with Gasteiger partial charge >= 0.3 is 6.09 Å². The van der Waals surface area contributed by atoms with Crippen LogP contribution >= 0.6 is 27.3 Å². The van der Waals surface area contributed by atoms with E-state index in [1.807, 2.05) is 6.07 Å². The molecule has 0 aliphatic heterocycles. The van der Waals surface area contributed by atoms with Crippen molar-refractivity contribution in [2.75, 3.05) is 5.33 Å². The molecule has 90 valence electrons. The summed E-state index contributed by atoms with van der Waals surface area (Å²) in [5.74, 6) is 0. The smallest absolute Gasteiger partial charge is 0.405 e. The lowest BCUT2D eigenvalue weighted by Crippen LogP contribution is -2.19. The summed E-state index contributed by atoms with van der Waals surface area (Å²) < 4.78 is 1.10. The van der Waals surface area contributed by atoms with Gasteiger partial charge < -0.3 is 10.4 Å². The molecular weight excluding hydrogens is 304 g/mol. The Kier molecular flexibility index (Phi) is 3.96. The average Bonchev–Trinajstić information content (AvgIpc) is 2.69. The van der Waals surface area contributed by atoms with E-state index in [0.717, 1.165) is 27.0 Å². The third-order valence-corrected chi connectivity index (χ3v) is 3.69. The van der Waals surface area contributed by atoms with Gasteiger partial charge in [-0.1, -0.05) is 22.0 Å². The third-order valence-electron chi connectivity index (χ3n) is 2.27. The molecule has 1 aromatic carbocycles. The number of alkyl halides is 1. The molecule has 0 fully saturated rings. The Morgan fingerprint density at radius 1 is 1.53 bits per heavy atom. The van der Waals surface area contributed by atoms with Gasteiger partial charge in [-0.2, -0.15) is 0 Å². The molecule has 0 spiro atoms. The topological polar surface area (TPSA) is 62.2 Å². The molecule has 1 aromatic heterocycles. The van der Waals surface area contributed by atoms with Crippen LogP contribution in [0, 0.1) is 0 Å². The van der Waals surface area contributed by atoms with Crippen LogP contribution in [0.15, 0.2) is 18.2 Å². The molecular formula is C11H11BrN2O2S. The van der Waals surface area contributed by atoms with Crippen LogP contribution in [0.1, 0.15) is 10.6 Å². The molecule has 0 saturated heterocycles. The number of halogens is 1. The van der Waals surface area contributed by atoms with E-state index in [1.54, 1.807) is 0 Å². The summed E-state index contributed by atoms with van der Waals surface area (Å²) in [6.07, 6.45) is -0.0412. The monoisotopic (exact) mass is 314 g/mol. The van der Waals surface area contributed by atoms with E-state index in [1.165, 1.54) is 16.9 Å². The Hall–Kier alpha value is -1.14. The van der Waals surface area contributed by atoms with Gasteiger partial charge in [-0.05, 0) is 24.1 Å². The number of carboxylic acid groups (broad SMARTS) is 1. The summed E-state index contributed by atoms with van der Waals surface area (Å²) in [5, 5.41) is 12.6. The highest BCUT2D eigenvalue weighted by atomic mass is 79.9. The van der Waals surface area contributed by atoms with Crippen molar-refractivity contribution in [3.63, 3.8) is 0 Å². The number of nitrogens with zero attached hydrogens (tertiary/aromatic N) is 1. The fraction of sp³-hybridized carbons (Fsp3) is 0.273. The highest BCUT2D eigenvalue weighted by molar-refractivity contribution is 9.09. The van der Waals surface area contributed by atoms with E-state index in [9.17, 15) is 4.79 Å².